The highest BCUT2D eigenvalue weighted by atomic mass is 16.7. The number of carbonyl (C=O) groups is 2. The summed E-state index contributed by atoms with van der Waals surface area (Å²) >= 11 is 0. The summed E-state index contributed by atoms with van der Waals surface area (Å²) in [6.45, 7) is 6.05. The molecule has 0 saturated carbocycles. The van der Waals surface area contributed by atoms with Crippen LogP contribution in [0.3, 0.4) is 0 Å². The Hall–Kier alpha value is -4.37. The molecule has 0 spiro atoms. The van der Waals surface area contributed by atoms with Crippen LogP contribution in [0, 0.1) is 0 Å². The van der Waals surface area contributed by atoms with Gasteiger partial charge in [-0.2, -0.15) is 0 Å². The van der Waals surface area contributed by atoms with Crippen LogP contribution in [0.5, 0.6) is 5.75 Å². The van der Waals surface area contributed by atoms with E-state index in [2.05, 4.69) is 46.1 Å². The molecule has 2 bridgehead atoms. The summed E-state index contributed by atoms with van der Waals surface area (Å²) in [6.07, 6.45) is 2.15. The van der Waals surface area contributed by atoms with Crippen molar-refractivity contribution < 1.29 is 23.8 Å². The largest absolute Gasteiger partial charge is 0.491 e. The van der Waals surface area contributed by atoms with Gasteiger partial charge in [0.05, 0.1) is 24.9 Å². The van der Waals surface area contributed by atoms with Gasteiger partial charge in [0.1, 0.15) is 30.0 Å². The number of pyridine rings is 2. The zero-order valence-corrected chi connectivity index (χ0v) is 21.5. The smallest absolute Gasteiger partial charge is 0.329 e. The SMILES string of the molecule is CC1(C)OC[C@H](COc2ccnc(NC(=O)N3c4nc(C(=O)NCc5nnn[nH]5)ccc4N4CCC3C4)c2)O1. The average Bonchev–Trinajstić information content (AvgIpc) is 3.67. The second kappa shape index (κ2) is 10.1. The number of aromatic amines is 1. The van der Waals surface area contributed by atoms with Crippen LogP contribution in [0.1, 0.15) is 36.6 Å². The van der Waals surface area contributed by atoms with Crippen LogP contribution in [-0.4, -0.2) is 86.8 Å². The van der Waals surface area contributed by atoms with E-state index in [9.17, 15) is 9.59 Å². The Labute approximate surface area is 223 Å². The van der Waals surface area contributed by atoms with Crippen LogP contribution in [0.25, 0.3) is 0 Å². The fourth-order valence-corrected chi connectivity index (χ4v) is 4.88. The van der Waals surface area contributed by atoms with Crippen LogP contribution in [0.15, 0.2) is 30.5 Å². The monoisotopic (exact) mass is 536 g/mol. The quantitative estimate of drug-likeness (QED) is 0.394. The molecule has 3 aliphatic heterocycles. The number of nitrogens with one attached hydrogen (secondary N) is 3. The first kappa shape index (κ1) is 24.9. The molecule has 3 aromatic rings. The van der Waals surface area contributed by atoms with Crippen molar-refractivity contribution in [1.29, 1.82) is 0 Å². The van der Waals surface area contributed by atoms with Gasteiger partial charge < -0.3 is 24.4 Å². The Balaban J connectivity index is 1.16. The average molecular weight is 537 g/mol. The van der Waals surface area contributed by atoms with Gasteiger partial charge in [0.15, 0.2) is 17.4 Å². The Morgan fingerprint density at radius 1 is 1.28 bits per heavy atom. The summed E-state index contributed by atoms with van der Waals surface area (Å²) in [5, 5.41) is 18.9. The Kier molecular flexibility index (Phi) is 6.44. The van der Waals surface area contributed by atoms with Crippen molar-refractivity contribution in [2.45, 2.75) is 44.7 Å². The predicted octanol–water partition coefficient (Wildman–Crippen LogP) is 1.08. The summed E-state index contributed by atoms with van der Waals surface area (Å²) < 4.78 is 17.2. The Morgan fingerprint density at radius 2 is 2.18 bits per heavy atom. The molecule has 3 N–H and O–H groups in total. The van der Waals surface area contributed by atoms with E-state index in [0.29, 0.717) is 43.0 Å². The topological polar surface area (TPSA) is 173 Å². The molecular formula is C24H28N10O5. The van der Waals surface area contributed by atoms with Crippen LogP contribution in [-0.2, 0) is 16.0 Å². The van der Waals surface area contributed by atoms with E-state index in [1.807, 2.05) is 19.9 Å². The number of nitrogens with zero attached hydrogens (tertiary/aromatic N) is 7. The highest BCUT2D eigenvalue weighted by Gasteiger charge is 2.40. The molecule has 15 nitrogen and oxygen atoms in total. The third kappa shape index (κ3) is 5.31. The molecule has 1 unspecified atom stereocenters. The van der Waals surface area contributed by atoms with Crippen LogP contribution < -0.4 is 25.2 Å². The second-order valence-corrected chi connectivity index (χ2v) is 9.90. The number of aromatic nitrogens is 6. The minimum absolute atomic E-state index is 0.0918. The Morgan fingerprint density at radius 3 is 2.97 bits per heavy atom. The third-order valence-electron chi connectivity index (χ3n) is 6.68. The normalized spacial score (nSPS) is 21.0. The van der Waals surface area contributed by atoms with Crippen molar-refractivity contribution >= 4 is 29.3 Å². The molecule has 2 atom stereocenters. The molecule has 3 aromatic heterocycles. The maximum atomic E-state index is 13.5. The van der Waals surface area contributed by atoms with Crippen LogP contribution in [0.4, 0.5) is 22.1 Å². The van der Waals surface area contributed by atoms with Gasteiger partial charge in [0, 0.05) is 25.4 Å². The maximum Gasteiger partial charge on any atom is 0.329 e. The Bertz CT molecular complexity index is 1370. The van der Waals surface area contributed by atoms with E-state index < -0.39 is 11.7 Å². The number of tetrazole rings is 1. The summed E-state index contributed by atoms with van der Waals surface area (Å²) in [5.74, 6) is 0.669. The van der Waals surface area contributed by atoms with E-state index in [4.69, 9.17) is 14.2 Å². The highest BCUT2D eigenvalue weighted by molar-refractivity contribution is 6.05. The number of fused-ring (bicyclic) bond motifs is 4. The first-order chi connectivity index (χ1) is 18.8. The van der Waals surface area contributed by atoms with Gasteiger partial charge in [0.25, 0.3) is 5.91 Å². The van der Waals surface area contributed by atoms with Crippen molar-refractivity contribution in [2.24, 2.45) is 0 Å². The number of anilines is 3. The number of hydrogen-bond donors (Lipinski definition) is 3. The van der Waals surface area contributed by atoms with Gasteiger partial charge in [0.2, 0.25) is 0 Å². The lowest BCUT2D eigenvalue weighted by Crippen LogP contribution is -2.48. The first-order valence-corrected chi connectivity index (χ1v) is 12.6. The minimum Gasteiger partial charge on any atom is -0.491 e. The molecule has 204 valence electrons. The van der Waals surface area contributed by atoms with E-state index in [-0.39, 0.29) is 30.4 Å². The molecule has 3 aliphatic rings. The summed E-state index contributed by atoms with van der Waals surface area (Å²) in [4.78, 5) is 39.0. The molecule has 0 aliphatic carbocycles. The number of carbonyl (C=O) groups excluding carboxylic acids is 2. The molecule has 2 fully saturated rings. The third-order valence-corrected chi connectivity index (χ3v) is 6.68. The van der Waals surface area contributed by atoms with Crippen molar-refractivity contribution in [2.75, 3.05) is 41.4 Å². The second-order valence-electron chi connectivity index (χ2n) is 9.90. The van der Waals surface area contributed by atoms with Crippen molar-refractivity contribution in [1.82, 2.24) is 35.9 Å². The summed E-state index contributed by atoms with van der Waals surface area (Å²) in [6, 6.07) is 6.34. The van der Waals surface area contributed by atoms with Crippen molar-refractivity contribution in [3.63, 3.8) is 0 Å². The van der Waals surface area contributed by atoms with Crippen LogP contribution in [0.2, 0.25) is 0 Å². The summed E-state index contributed by atoms with van der Waals surface area (Å²) in [5.41, 5.74) is 0.970. The molecule has 0 radical (unpaired) electrons. The van der Waals surface area contributed by atoms with Crippen molar-refractivity contribution in [3.8, 4) is 5.75 Å². The van der Waals surface area contributed by atoms with Gasteiger partial charge in [-0.3, -0.25) is 15.0 Å². The standard InChI is InChI=1S/C24H28N10O5/c1-24(2)38-13-16(39-24)12-37-15-5-7-25-19(9-15)28-23(36)34-14-6-8-33(11-14)18-4-3-17(27-21(18)34)22(35)26-10-20-29-31-32-30-20/h3-5,7,9,14,16H,6,8,10-13H2,1-2H3,(H,26,35)(H,25,28,36)(H,29,30,31,32)/t14?,16-/m0/s1. The lowest BCUT2D eigenvalue weighted by atomic mass is 10.1. The van der Waals surface area contributed by atoms with E-state index in [1.54, 1.807) is 29.3 Å². The predicted molar refractivity (Wildman–Crippen MR) is 136 cm³/mol. The number of rotatable bonds is 7. The zero-order valence-electron chi connectivity index (χ0n) is 21.5. The fourth-order valence-electron chi connectivity index (χ4n) is 4.88. The molecule has 15 heteroatoms. The minimum atomic E-state index is -0.630. The van der Waals surface area contributed by atoms with E-state index in [1.165, 1.54) is 0 Å². The molecule has 2 saturated heterocycles. The van der Waals surface area contributed by atoms with E-state index in [0.717, 1.165) is 18.7 Å². The van der Waals surface area contributed by atoms with Gasteiger partial charge in [-0.25, -0.2) is 19.9 Å². The molecule has 6 heterocycles. The fraction of sp³-hybridized carbons (Fsp3) is 0.458. The van der Waals surface area contributed by atoms with Crippen molar-refractivity contribution in [3.05, 3.63) is 42.0 Å². The molecule has 3 amide bonds. The molecule has 39 heavy (non-hydrogen) atoms. The van der Waals surface area contributed by atoms with E-state index >= 15 is 0 Å². The van der Waals surface area contributed by atoms with Crippen LogP contribution >= 0.6 is 0 Å². The molecular weight excluding hydrogens is 508 g/mol. The maximum absolute atomic E-state index is 13.5. The lowest BCUT2D eigenvalue weighted by molar-refractivity contribution is -0.141. The lowest BCUT2D eigenvalue weighted by Gasteiger charge is -2.35. The molecule has 6 rings (SSSR count). The first-order valence-electron chi connectivity index (χ1n) is 12.6. The highest BCUT2D eigenvalue weighted by Crippen LogP contribution is 2.39. The molecule has 0 aromatic carbocycles. The van der Waals surface area contributed by atoms with Gasteiger partial charge in [-0.15, -0.1) is 5.10 Å². The summed E-state index contributed by atoms with van der Waals surface area (Å²) in [7, 11) is 0. The zero-order chi connectivity index (χ0) is 27.0. The number of hydrogen-bond acceptors (Lipinski definition) is 11. The number of urea groups is 1. The van der Waals surface area contributed by atoms with Gasteiger partial charge in [-0.05, 0) is 48.9 Å². The van der Waals surface area contributed by atoms with Gasteiger partial charge >= 0.3 is 6.03 Å². The number of amides is 3. The number of ether oxygens (including phenoxy) is 3. The van der Waals surface area contributed by atoms with Gasteiger partial charge in [-0.1, -0.05) is 0 Å². The number of H-pyrrole nitrogens is 1.